The summed E-state index contributed by atoms with van der Waals surface area (Å²) in [6.07, 6.45) is -3.88. The zero-order valence-corrected chi connectivity index (χ0v) is 15.5. The van der Waals surface area contributed by atoms with E-state index in [2.05, 4.69) is 4.98 Å². The molecular formula is C16H10Cl2F3N3O2S. The van der Waals surface area contributed by atoms with Gasteiger partial charge in [0.15, 0.2) is 5.69 Å². The molecule has 2 aromatic carbocycles. The van der Waals surface area contributed by atoms with E-state index in [4.69, 9.17) is 28.3 Å². The Hall–Kier alpha value is -2.07. The average molecular weight is 436 g/mol. The summed E-state index contributed by atoms with van der Waals surface area (Å²) in [6.45, 7) is 0. The zero-order chi connectivity index (χ0) is 20.0. The topological polar surface area (TPSA) is 78.0 Å². The number of hydrogen-bond acceptors (Lipinski definition) is 3. The van der Waals surface area contributed by atoms with E-state index < -0.39 is 21.9 Å². The SMILES string of the molecule is NS(=O)(=O)c1ccc(-n2cc(C(F)(F)F)nc2-c2ccc(Cl)cc2Cl)cc1. The van der Waals surface area contributed by atoms with E-state index in [0.29, 0.717) is 5.02 Å². The normalized spacial score (nSPS) is 12.4. The Labute approximate surface area is 162 Å². The molecule has 0 fully saturated rings. The summed E-state index contributed by atoms with van der Waals surface area (Å²) >= 11 is 12.0. The fraction of sp³-hybridized carbons (Fsp3) is 0.0625. The molecule has 5 nitrogen and oxygen atoms in total. The van der Waals surface area contributed by atoms with Gasteiger partial charge in [-0.05, 0) is 42.5 Å². The van der Waals surface area contributed by atoms with E-state index in [1.165, 1.54) is 42.5 Å². The van der Waals surface area contributed by atoms with Crippen LogP contribution in [0.5, 0.6) is 0 Å². The number of nitrogens with zero attached hydrogens (tertiary/aromatic N) is 2. The van der Waals surface area contributed by atoms with Crippen molar-refractivity contribution >= 4 is 33.2 Å². The summed E-state index contributed by atoms with van der Waals surface area (Å²) in [5.74, 6) is -0.0765. The van der Waals surface area contributed by atoms with Gasteiger partial charge < -0.3 is 0 Å². The molecule has 0 bridgehead atoms. The smallest absolute Gasteiger partial charge is 0.299 e. The first-order valence-corrected chi connectivity index (χ1v) is 9.52. The van der Waals surface area contributed by atoms with Crippen LogP contribution in [0.4, 0.5) is 13.2 Å². The third-order valence-electron chi connectivity index (χ3n) is 3.61. The highest BCUT2D eigenvalue weighted by molar-refractivity contribution is 7.89. The van der Waals surface area contributed by atoms with Crippen LogP contribution in [0.2, 0.25) is 10.0 Å². The molecule has 0 unspecified atom stereocenters. The third-order valence-corrected chi connectivity index (χ3v) is 5.09. The summed E-state index contributed by atoms with van der Waals surface area (Å²) in [5, 5.41) is 5.47. The van der Waals surface area contributed by atoms with Gasteiger partial charge in [-0.15, -0.1) is 0 Å². The predicted octanol–water partition coefficient (Wildman–Crippen LogP) is 4.51. The number of aromatic nitrogens is 2. The largest absolute Gasteiger partial charge is 0.434 e. The summed E-state index contributed by atoms with van der Waals surface area (Å²) in [4.78, 5) is 3.48. The molecule has 3 aromatic rings. The molecule has 3 rings (SSSR count). The second kappa shape index (κ2) is 6.83. The highest BCUT2D eigenvalue weighted by Crippen LogP contribution is 2.35. The van der Waals surface area contributed by atoms with E-state index in [0.717, 1.165) is 10.8 Å². The van der Waals surface area contributed by atoms with Gasteiger partial charge in [0, 0.05) is 22.5 Å². The summed E-state index contributed by atoms with van der Waals surface area (Å²) in [7, 11) is -3.93. The number of primary sulfonamides is 1. The number of alkyl halides is 3. The summed E-state index contributed by atoms with van der Waals surface area (Å²) in [6, 6.07) is 9.30. The summed E-state index contributed by atoms with van der Waals surface area (Å²) in [5.41, 5.74) is -0.655. The number of benzene rings is 2. The number of halogens is 5. The minimum absolute atomic E-state index is 0.0765. The van der Waals surface area contributed by atoms with Gasteiger partial charge in [-0.2, -0.15) is 13.2 Å². The average Bonchev–Trinajstić information content (AvgIpc) is 2.99. The van der Waals surface area contributed by atoms with Crippen LogP contribution in [0, 0.1) is 0 Å². The van der Waals surface area contributed by atoms with Crippen molar-refractivity contribution in [3.05, 3.63) is 64.4 Å². The number of hydrogen-bond donors (Lipinski definition) is 1. The Morgan fingerprint density at radius 3 is 2.19 bits per heavy atom. The monoisotopic (exact) mass is 435 g/mol. The molecule has 2 N–H and O–H groups in total. The number of sulfonamides is 1. The first kappa shape index (κ1) is 19.7. The first-order valence-electron chi connectivity index (χ1n) is 7.22. The Balaban J connectivity index is 2.21. The van der Waals surface area contributed by atoms with Gasteiger partial charge in [0.05, 0.1) is 9.92 Å². The van der Waals surface area contributed by atoms with E-state index in [1.807, 2.05) is 0 Å². The van der Waals surface area contributed by atoms with Crippen LogP contribution < -0.4 is 5.14 Å². The van der Waals surface area contributed by atoms with Crippen molar-refractivity contribution in [3.8, 4) is 17.1 Å². The Kier molecular flexibility index (Phi) is 4.98. The lowest BCUT2D eigenvalue weighted by Gasteiger charge is -2.10. The predicted molar refractivity (Wildman–Crippen MR) is 95.4 cm³/mol. The van der Waals surface area contributed by atoms with Crippen molar-refractivity contribution in [2.45, 2.75) is 11.1 Å². The molecule has 0 amide bonds. The van der Waals surface area contributed by atoms with Gasteiger partial charge in [0.1, 0.15) is 5.82 Å². The number of rotatable bonds is 3. The molecule has 0 aliphatic carbocycles. The minimum atomic E-state index is -4.68. The van der Waals surface area contributed by atoms with E-state index in [-0.39, 0.29) is 27.0 Å². The van der Waals surface area contributed by atoms with Crippen molar-refractivity contribution in [3.63, 3.8) is 0 Å². The Morgan fingerprint density at radius 2 is 1.67 bits per heavy atom. The molecule has 0 spiro atoms. The van der Waals surface area contributed by atoms with Crippen LogP contribution in [0.3, 0.4) is 0 Å². The molecule has 1 heterocycles. The minimum Gasteiger partial charge on any atom is -0.299 e. The molecular weight excluding hydrogens is 426 g/mol. The molecule has 0 radical (unpaired) electrons. The maximum atomic E-state index is 13.2. The lowest BCUT2D eigenvalue weighted by Crippen LogP contribution is -2.12. The van der Waals surface area contributed by atoms with Gasteiger partial charge >= 0.3 is 6.18 Å². The van der Waals surface area contributed by atoms with Gasteiger partial charge in [-0.3, -0.25) is 4.57 Å². The maximum absolute atomic E-state index is 13.2. The third kappa shape index (κ3) is 4.11. The molecule has 27 heavy (non-hydrogen) atoms. The maximum Gasteiger partial charge on any atom is 0.434 e. The second-order valence-electron chi connectivity index (χ2n) is 5.48. The van der Waals surface area contributed by atoms with Gasteiger partial charge in [0.2, 0.25) is 10.0 Å². The molecule has 0 aliphatic heterocycles. The summed E-state index contributed by atoms with van der Waals surface area (Å²) < 4.78 is 63.4. The molecule has 142 valence electrons. The zero-order valence-electron chi connectivity index (χ0n) is 13.2. The van der Waals surface area contributed by atoms with Crippen LogP contribution in [0.25, 0.3) is 17.1 Å². The van der Waals surface area contributed by atoms with Crippen LogP contribution in [0.1, 0.15) is 5.69 Å². The van der Waals surface area contributed by atoms with Crippen LogP contribution >= 0.6 is 23.2 Å². The fourth-order valence-electron chi connectivity index (χ4n) is 2.37. The Morgan fingerprint density at radius 1 is 1.04 bits per heavy atom. The van der Waals surface area contributed by atoms with E-state index in [9.17, 15) is 21.6 Å². The van der Waals surface area contributed by atoms with Gasteiger partial charge in [-0.25, -0.2) is 18.5 Å². The van der Waals surface area contributed by atoms with Crippen molar-refractivity contribution in [2.24, 2.45) is 5.14 Å². The highest BCUT2D eigenvalue weighted by atomic mass is 35.5. The Bertz CT molecular complexity index is 1110. The standard InChI is InChI=1S/C16H10Cl2F3N3O2S/c17-9-1-6-12(13(18)7-9)15-23-14(16(19,20)21)8-24(15)10-2-4-11(5-3-10)27(22,25)26/h1-8H,(H2,22,25,26). The molecule has 1 aromatic heterocycles. The highest BCUT2D eigenvalue weighted by Gasteiger charge is 2.35. The lowest BCUT2D eigenvalue weighted by atomic mass is 10.2. The van der Waals surface area contributed by atoms with Crippen molar-refractivity contribution < 1.29 is 21.6 Å². The van der Waals surface area contributed by atoms with Crippen LogP contribution in [-0.2, 0) is 16.2 Å². The fourth-order valence-corrected chi connectivity index (χ4v) is 3.38. The molecule has 0 saturated carbocycles. The van der Waals surface area contributed by atoms with Crippen molar-refractivity contribution in [1.29, 1.82) is 0 Å². The van der Waals surface area contributed by atoms with Crippen LogP contribution in [-0.4, -0.2) is 18.0 Å². The van der Waals surface area contributed by atoms with Gasteiger partial charge in [-0.1, -0.05) is 23.2 Å². The number of imidazole rings is 1. The van der Waals surface area contributed by atoms with Crippen molar-refractivity contribution in [1.82, 2.24) is 9.55 Å². The molecule has 11 heteroatoms. The molecule has 0 saturated heterocycles. The molecule has 0 atom stereocenters. The second-order valence-corrected chi connectivity index (χ2v) is 7.89. The lowest BCUT2D eigenvalue weighted by molar-refractivity contribution is -0.140. The van der Waals surface area contributed by atoms with Crippen LogP contribution in [0.15, 0.2) is 53.6 Å². The van der Waals surface area contributed by atoms with Crippen molar-refractivity contribution in [2.75, 3.05) is 0 Å². The van der Waals surface area contributed by atoms with E-state index >= 15 is 0 Å². The molecule has 0 aliphatic rings. The van der Waals surface area contributed by atoms with Gasteiger partial charge in [0.25, 0.3) is 0 Å². The number of nitrogens with two attached hydrogens (primary N) is 1. The van der Waals surface area contributed by atoms with E-state index in [1.54, 1.807) is 0 Å². The first-order chi connectivity index (χ1) is 12.5. The quantitative estimate of drug-likeness (QED) is 0.656.